The fourth-order valence-corrected chi connectivity index (χ4v) is 7.54. The Labute approximate surface area is 332 Å². The van der Waals surface area contributed by atoms with Gasteiger partial charge in [0.25, 0.3) is 11.8 Å². The lowest BCUT2D eigenvalue weighted by Crippen LogP contribution is -2.30. The number of nitrogens with zero attached hydrogens (tertiary/aromatic N) is 1. The summed E-state index contributed by atoms with van der Waals surface area (Å²) in [5.74, 6) is 0.250. The van der Waals surface area contributed by atoms with E-state index in [4.69, 9.17) is 9.47 Å². The van der Waals surface area contributed by atoms with Crippen molar-refractivity contribution in [2.75, 3.05) is 17.7 Å². The lowest BCUT2D eigenvalue weighted by Gasteiger charge is -2.17. The first-order valence-corrected chi connectivity index (χ1v) is 19.3. The van der Waals surface area contributed by atoms with Crippen molar-refractivity contribution in [3.05, 3.63) is 186 Å². The van der Waals surface area contributed by atoms with Crippen LogP contribution in [0.3, 0.4) is 0 Å². The van der Waals surface area contributed by atoms with E-state index < -0.39 is 17.1 Å². The molecule has 1 atom stereocenters. The van der Waals surface area contributed by atoms with E-state index in [-0.39, 0.29) is 11.6 Å². The highest BCUT2D eigenvalue weighted by Gasteiger charge is 2.24. The molecule has 0 bridgehead atoms. The topological polar surface area (TPSA) is 119 Å². The molecule has 11 heteroatoms. The Morgan fingerprint density at radius 1 is 0.750 bits per heavy atom. The summed E-state index contributed by atoms with van der Waals surface area (Å²) in [6.45, 7) is 0.425. The van der Waals surface area contributed by atoms with Gasteiger partial charge in [-0.25, -0.2) is 4.98 Å². The molecule has 0 aliphatic rings. The molecular weight excluding hydrogens is 741 g/mol. The summed E-state index contributed by atoms with van der Waals surface area (Å²) < 4.78 is 12.2. The van der Waals surface area contributed by atoms with Crippen LogP contribution >= 0.6 is 23.1 Å². The van der Waals surface area contributed by atoms with E-state index >= 15 is 0 Å². The number of fused-ring (bicyclic) bond motifs is 1. The van der Waals surface area contributed by atoms with Crippen LogP contribution in [0.25, 0.3) is 16.3 Å². The summed E-state index contributed by atoms with van der Waals surface area (Å²) in [6, 6.07) is 48.2. The third-order valence-corrected chi connectivity index (χ3v) is 10.7. The van der Waals surface area contributed by atoms with Gasteiger partial charge >= 0.3 is 0 Å². The molecule has 7 aromatic rings. The molecule has 1 aromatic heterocycles. The van der Waals surface area contributed by atoms with Crippen molar-refractivity contribution in [3.63, 3.8) is 0 Å². The molecule has 0 aliphatic carbocycles. The molecule has 9 nitrogen and oxygen atoms in total. The number of methoxy groups -OCH3 is 1. The van der Waals surface area contributed by atoms with Crippen LogP contribution in [0.5, 0.6) is 11.5 Å². The number of thiazole rings is 1. The molecule has 1 heterocycles. The Bertz CT molecular complexity index is 2460. The van der Waals surface area contributed by atoms with E-state index in [9.17, 15) is 14.4 Å². The first-order valence-electron chi connectivity index (χ1n) is 17.6. The van der Waals surface area contributed by atoms with E-state index in [1.54, 1.807) is 49.6 Å². The quantitative estimate of drug-likeness (QED) is 0.0744. The van der Waals surface area contributed by atoms with Gasteiger partial charge in [-0.2, -0.15) is 0 Å². The van der Waals surface area contributed by atoms with Crippen LogP contribution in [0.2, 0.25) is 0 Å². The molecule has 3 N–H and O–H groups in total. The molecular formula is C45H36N4O5S2. The number of hydrogen-bond donors (Lipinski definition) is 3. The average Bonchev–Trinajstić information content (AvgIpc) is 3.65. The van der Waals surface area contributed by atoms with Crippen molar-refractivity contribution < 1.29 is 23.9 Å². The molecule has 56 heavy (non-hydrogen) atoms. The zero-order valence-electron chi connectivity index (χ0n) is 30.2. The number of aromatic nitrogens is 1. The first kappa shape index (κ1) is 37.6. The number of rotatable bonds is 14. The van der Waals surface area contributed by atoms with Gasteiger partial charge in [0, 0.05) is 16.1 Å². The highest BCUT2D eigenvalue weighted by molar-refractivity contribution is 8.00. The number of benzene rings is 6. The van der Waals surface area contributed by atoms with Crippen molar-refractivity contribution in [1.29, 1.82) is 0 Å². The predicted octanol–water partition coefficient (Wildman–Crippen LogP) is 9.77. The number of ether oxygens (including phenoxy) is 2. The number of carbonyl (C=O) groups excluding carboxylic acids is 3. The Hall–Kier alpha value is -6.69. The Morgan fingerprint density at radius 3 is 2.11 bits per heavy atom. The summed E-state index contributed by atoms with van der Waals surface area (Å²) >= 11 is 2.76. The van der Waals surface area contributed by atoms with Crippen LogP contribution in [0, 0.1) is 0 Å². The van der Waals surface area contributed by atoms with Crippen LogP contribution < -0.4 is 25.4 Å². The molecule has 0 radical (unpaired) electrons. The fourth-order valence-electron chi connectivity index (χ4n) is 5.62. The molecule has 7 rings (SSSR count). The van der Waals surface area contributed by atoms with Crippen molar-refractivity contribution in [1.82, 2.24) is 10.3 Å². The molecule has 0 spiro atoms. The lowest BCUT2D eigenvalue weighted by atomic mass is 10.1. The van der Waals surface area contributed by atoms with Crippen LogP contribution in [-0.4, -0.2) is 29.8 Å². The van der Waals surface area contributed by atoms with Gasteiger partial charge in [0.2, 0.25) is 5.91 Å². The molecule has 0 fully saturated rings. The summed E-state index contributed by atoms with van der Waals surface area (Å²) in [6.07, 6.45) is 1.62. The summed E-state index contributed by atoms with van der Waals surface area (Å²) in [5, 5.41) is 8.60. The van der Waals surface area contributed by atoms with Gasteiger partial charge in [-0.1, -0.05) is 102 Å². The van der Waals surface area contributed by atoms with E-state index in [0.29, 0.717) is 34.3 Å². The van der Waals surface area contributed by atoms with E-state index in [1.165, 1.54) is 23.1 Å². The van der Waals surface area contributed by atoms with Gasteiger partial charge in [0.15, 0.2) is 5.13 Å². The van der Waals surface area contributed by atoms with Gasteiger partial charge in [-0.15, -0.1) is 11.8 Å². The van der Waals surface area contributed by atoms with Crippen molar-refractivity contribution in [3.8, 4) is 11.5 Å². The van der Waals surface area contributed by atoms with E-state index in [1.807, 2.05) is 121 Å². The van der Waals surface area contributed by atoms with Gasteiger partial charge in [-0.3, -0.25) is 14.4 Å². The molecule has 0 saturated carbocycles. The van der Waals surface area contributed by atoms with Gasteiger partial charge in [-0.05, 0) is 89.5 Å². The number of carbonyl (C=O) groups is 3. The lowest BCUT2D eigenvalue weighted by molar-refractivity contribution is -0.116. The largest absolute Gasteiger partial charge is 0.497 e. The molecule has 0 aliphatic heterocycles. The minimum Gasteiger partial charge on any atom is -0.497 e. The maximum absolute atomic E-state index is 13.8. The standard InChI is InChI=1S/C45H36N4O5S2/c1-53-36-23-26-38-40(28-36)56-45(48-38)49-44(52)41(32-13-7-3-8-14-32)55-37-24-19-34(20-25-37)46-43(51)39(47-42(50)33-15-9-4-10-16-33)27-30-17-21-35(22-18-30)54-29-31-11-5-2-6-12-31/h2-28,41H,29H2,1H3,(H,46,51)(H,47,50)(H,48,49,52)/b39-27-. The fraction of sp³-hybridized carbons (Fsp3) is 0.0667. The third-order valence-electron chi connectivity index (χ3n) is 8.50. The zero-order chi connectivity index (χ0) is 38.7. The monoisotopic (exact) mass is 776 g/mol. The minimum absolute atomic E-state index is 0.0596. The average molecular weight is 777 g/mol. The highest BCUT2D eigenvalue weighted by atomic mass is 32.2. The zero-order valence-corrected chi connectivity index (χ0v) is 31.8. The number of hydrogen-bond acceptors (Lipinski definition) is 8. The smallest absolute Gasteiger partial charge is 0.272 e. The number of amides is 3. The van der Waals surface area contributed by atoms with Crippen LogP contribution in [0.1, 0.15) is 32.3 Å². The molecule has 1 unspecified atom stereocenters. The minimum atomic E-state index is -0.587. The summed E-state index contributed by atoms with van der Waals surface area (Å²) in [5.41, 5.74) is 4.33. The molecule has 0 saturated heterocycles. The third kappa shape index (κ3) is 9.89. The Morgan fingerprint density at radius 2 is 1.41 bits per heavy atom. The maximum atomic E-state index is 13.8. The summed E-state index contributed by atoms with van der Waals surface area (Å²) in [4.78, 5) is 46.1. The molecule has 3 amide bonds. The van der Waals surface area contributed by atoms with Crippen molar-refractivity contribution in [2.45, 2.75) is 16.8 Å². The highest BCUT2D eigenvalue weighted by Crippen LogP contribution is 2.38. The number of anilines is 2. The molecule has 6 aromatic carbocycles. The maximum Gasteiger partial charge on any atom is 0.272 e. The number of nitrogens with one attached hydrogen (secondary N) is 3. The SMILES string of the molecule is COc1ccc2nc(NC(=O)C(Sc3ccc(NC(=O)/C(=C/c4ccc(OCc5ccccc5)cc4)NC(=O)c4ccccc4)cc3)c3ccccc3)sc2c1. The first-order chi connectivity index (χ1) is 27.4. The molecule has 278 valence electrons. The van der Waals surface area contributed by atoms with Crippen molar-refractivity contribution >= 4 is 67.9 Å². The Balaban J connectivity index is 1.05. The van der Waals surface area contributed by atoms with Crippen LogP contribution in [0.4, 0.5) is 10.8 Å². The van der Waals surface area contributed by atoms with E-state index in [2.05, 4.69) is 20.9 Å². The Kier molecular flexibility index (Phi) is 12.2. The number of thioether (sulfide) groups is 1. The van der Waals surface area contributed by atoms with Crippen LogP contribution in [0.15, 0.2) is 168 Å². The normalized spacial score (nSPS) is 11.7. The van der Waals surface area contributed by atoms with Gasteiger partial charge < -0.3 is 25.4 Å². The second-order valence-corrected chi connectivity index (χ2v) is 14.7. The second kappa shape index (κ2) is 18.1. The van der Waals surface area contributed by atoms with Gasteiger partial charge in [0.1, 0.15) is 29.1 Å². The van der Waals surface area contributed by atoms with Crippen LogP contribution in [-0.2, 0) is 16.2 Å². The predicted molar refractivity (Wildman–Crippen MR) is 224 cm³/mol. The summed E-state index contributed by atoms with van der Waals surface area (Å²) in [7, 11) is 1.61. The van der Waals surface area contributed by atoms with E-state index in [0.717, 1.165) is 32.0 Å². The van der Waals surface area contributed by atoms with Gasteiger partial charge in [0.05, 0.1) is 17.3 Å². The second-order valence-electron chi connectivity index (χ2n) is 12.5. The van der Waals surface area contributed by atoms with Crippen molar-refractivity contribution in [2.24, 2.45) is 0 Å².